The summed E-state index contributed by atoms with van der Waals surface area (Å²) in [4.78, 5) is 16.1. The van der Waals surface area contributed by atoms with E-state index in [0.717, 1.165) is 49.4 Å². The van der Waals surface area contributed by atoms with Crippen LogP contribution in [-0.2, 0) is 10.8 Å². The molecular weight excluding hydrogens is 527 g/mol. The first-order valence-electron chi connectivity index (χ1n) is 13.1. The van der Waals surface area contributed by atoms with Crippen LogP contribution < -0.4 is 0 Å². The van der Waals surface area contributed by atoms with Crippen LogP contribution in [0, 0.1) is 0 Å². The third-order valence-electron chi connectivity index (χ3n) is 8.19. The lowest BCUT2D eigenvalue weighted by Gasteiger charge is -2.45. The number of carboxylic acid groups (broad SMARTS) is 1. The van der Waals surface area contributed by atoms with E-state index in [-0.39, 0.29) is 10.4 Å². The van der Waals surface area contributed by atoms with Crippen LogP contribution >= 0.6 is 23.2 Å². The number of halogens is 2. The summed E-state index contributed by atoms with van der Waals surface area (Å²) < 4.78 is 12.2. The SMILES string of the molecule is CC[N+](C[C@@H](CCN1CCC(c2ccccc2[S@](C)=O)CC1)c1ccc(Cl)c(Cl)c1)(C(=O)O)C(C)(C)C. The van der Waals surface area contributed by atoms with Crippen LogP contribution in [0.1, 0.15) is 69.9 Å². The first-order chi connectivity index (χ1) is 17.4. The largest absolute Gasteiger partial charge is 0.513 e. The molecule has 1 N–H and O–H groups in total. The van der Waals surface area contributed by atoms with Crippen molar-refractivity contribution in [1.82, 2.24) is 4.90 Å². The molecule has 8 heteroatoms. The molecule has 1 fully saturated rings. The number of hydrogen-bond acceptors (Lipinski definition) is 3. The van der Waals surface area contributed by atoms with E-state index in [2.05, 4.69) is 11.0 Å². The molecule has 1 aliphatic rings. The Balaban J connectivity index is 1.76. The minimum Gasteiger partial charge on any atom is -0.435 e. The summed E-state index contributed by atoms with van der Waals surface area (Å²) in [6.45, 7) is 11.8. The van der Waals surface area contributed by atoms with Crippen LogP contribution in [0.2, 0.25) is 10.0 Å². The van der Waals surface area contributed by atoms with Gasteiger partial charge in [-0.1, -0.05) is 47.5 Å². The molecule has 1 aliphatic heterocycles. The monoisotopic (exact) mass is 567 g/mol. The van der Waals surface area contributed by atoms with E-state index in [0.29, 0.717) is 29.1 Å². The summed E-state index contributed by atoms with van der Waals surface area (Å²) in [7, 11) is -0.991. The molecular formula is C29H41Cl2N2O3S+. The van der Waals surface area contributed by atoms with Crippen molar-refractivity contribution < 1.29 is 18.6 Å². The predicted molar refractivity (Wildman–Crippen MR) is 154 cm³/mol. The second-order valence-corrected chi connectivity index (χ2v) is 13.3. The Morgan fingerprint density at radius 1 is 1.14 bits per heavy atom. The van der Waals surface area contributed by atoms with E-state index in [4.69, 9.17) is 23.2 Å². The second-order valence-electron chi connectivity index (χ2n) is 11.2. The van der Waals surface area contributed by atoms with Crippen LogP contribution in [0.15, 0.2) is 47.4 Å². The Bertz CT molecular complexity index is 1110. The standard InChI is InChI=1S/C29H40Cl2N2O3S/c1-6-33(28(34)35,29(2,3)4)20-23(22-11-12-25(30)26(31)19-22)15-18-32-16-13-21(14-17-32)24-9-7-8-10-27(24)37(5)36/h7-12,19,21,23H,6,13-18,20H2,1-5H3/p+1/t23-,33?,37+/m1/s1. The zero-order valence-electron chi connectivity index (χ0n) is 22.7. The van der Waals surface area contributed by atoms with Crippen molar-refractivity contribution in [1.29, 1.82) is 0 Å². The number of amides is 1. The highest BCUT2D eigenvalue weighted by molar-refractivity contribution is 7.84. The number of quaternary nitrogens is 1. The maximum atomic E-state index is 12.6. The highest BCUT2D eigenvalue weighted by Crippen LogP contribution is 2.36. The number of piperidine rings is 1. The molecule has 0 aromatic heterocycles. The molecule has 204 valence electrons. The lowest BCUT2D eigenvalue weighted by molar-refractivity contribution is -0.903. The fourth-order valence-corrected chi connectivity index (χ4v) is 6.91. The molecule has 1 heterocycles. The van der Waals surface area contributed by atoms with Gasteiger partial charge in [-0.15, -0.1) is 0 Å². The molecule has 0 aliphatic carbocycles. The molecule has 0 bridgehead atoms. The maximum Gasteiger partial charge on any atom is 0.513 e. The number of hydrogen-bond donors (Lipinski definition) is 1. The van der Waals surface area contributed by atoms with Crippen molar-refractivity contribution in [2.24, 2.45) is 0 Å². The molecule has 2 aromatic carbocycles. The van der Waals surface area contributed by atoms with Crippen molar-refractivity contribution in [3.8, 4) is 0 Å². The molecule has 5 nitrogen and oxygen atoms in total. The Morgan fingerprint density at radius 3 is 2.32 bits per heavy atom. The summed E-state index contributed by atoms with van der Waals surface area (Å²) in [5, 5.41) is 11.4. The van der Waals surface area contributed by atoms with E-state index in [1.54, 1.807) is 6.26 Å². The molecule has 2 aromatic rings. The molecule has 1 unspecified atom stereocenters. The molecule has 3 rings (SSSR count). The Kier molecular flexibility index (Phi) is 10.3. The highest BCUT2D eigenvalue weighted by Gasteiger charge is 2.48. The summed E-state index contributed by atoms with van der Waals surface area (Å²) in [5.74, 6) is 0.436. The first kappa shape index (κ1) is 30.1. The zero-order chi connectivity index (χ0) is 27.4. The molecule has 1 amide bonds. The summed E-state index contributed by atoms with van der Waals surface area (Å²) in [6.07, 6.45) is 3.84. The maximum absolute atomic E-state index is 12.6. The second kappa shape index (κ2) is 12.6. The number of carbonyl (C=O) groups is 1. The number of likely N-dealkylation sites (N-methyl/N-ethyl adjacent to an activating group) is 1. The average Bonchev–Trinajstić information content (AvgIpc) is 2.85. The normalized spacial score (nSPS) is 18.8. The lowest BCUT2D eigenvalue weighted by atomic mass is 9.88. The minimum absolute atomic E-state index is 0.0194. The van der Waals surface area contributed by atoms with E-state index in [9.17, 15) is 14.1 Å². The lowest BCUT2D eigenvalue weighted by Crippen LogP contribution is -2.64. The quantitative estimate of drug-likeness (QED) is 0.321. The molecule has 0 saturated carbocycles. The van der Waals surface area contributed by atoms with Gasteiger partial charge in [-0.05, 0) is 102 Å². The Labute approximate surface area is 234 Å². The smallest absolute Gasteiger partial charge is 0.435 e. The van der Waals surface area contributed by atoms with Gasteiger partial charge in [0.2, 0.25) is 0 Å². The fraction of sp³-hybridized carbons (Fsp3) is 0.552. The minimum atomic E-state index is -0.991. The number of likely N-dealkylation sites (tertiary alicyclic amines) is 1. The third-order valence-corrected chi connectivity index (χ3v) is 9.92. The van der Waals surface area contributed by atoms with Gasteiger partial charge in [0, 0.05) is 17.1 Å². The summed E-state index contributed by atoms with van der Waals surface area (Å²) in [6, 6.07) is 13.8. The van der Waals surface area contributed by atoms with E-state index < -0.39 is 22.4 Å². The third kappa shape index (κ3) is 6.96. The van der Waals surface area contributed by atoms with Crippen molar-refractivity contribution in [2.75, 3.05) is 39.0 Å². The zero-order valence-corrected chi connectivity index (χ0v) is 25.0. The molecule has 0 radical (unpaired) electrons. The number of nitrogens with zero attached hydrogens (tertiary/aromatic N) is 2. The van der Waals surface area contributed by atoms with Crippen LogP contribution in [0.25, 0.3) is 0 Å². The van der Waals surface area contributed by atoms with Gasteiger partial charge in [0.15, 0.2) is 0 Å². The van der Waals surface area contributed by atoms with Crippen LogP contribution in [0.3, 0.4) is 0 Å². The number of benzene rings is 2. The molecule has 1 saturated heterocycles. The van der Waals surface area contributed by atoms with Gasteiger partial charge in [-0.3, -0.25) is 4.21 Å². The highest BCUT2D eigenvalue weighted by atomic mass is 35.5. The van der Waals surface area contributed by atoms with Crippen molar-refractivity contribution in [3.05, 3.63) is 63.6 Å². The van der Waals surface area contributed by atoms with Gasteiger partial charge in [0.1, 0.15) is 5.54 Å². The van der Waals surface area contributed by atoms with Crippen LogP contribution in [0.5, 0.6) is 0 Å². The number of rotatable bonds is 9. The van der Waals surface area contributed by atoms with Gasteiger partial charge in [0.25, 0.3) is 0 Å². The Hall–Kier alpha value is -1.44. The van der Waals surface area contributed by atoms with Crippen molar-refractivity contribution in [3.63, 3.8) is 0 Å². The van der Waals surface area contributed by atoms with E-state index in [1.807, 2.05) is 64.1 Å². The van der Waals surface area contributed by atoms with Crippen molar-refractivity contribution >= 4 is 40.1 Å². The van der Waals surface area contributed by atoms with Gasteiger partial charge in [-0.2, -0.15) is 4.79 Å². The topological polar surface area (TPSA) is 57.6 Å². The van der Waals surface area contributed by atoms with Crippen molar-refractivity contribution in [2.45, 2.75) is 69.2 Å². The Morgan fingerprint density at radius 2 is 1.78 bits per heavy atom. The average molecular weight is 569 g/mol. The summed E-state index contributed by atoms with van der Waals surface area (Å²) in [5.41, 5.74) is 1.79. The van der Waals surface area contributed by atoms with E-state index >= 15 is 0 Å². The predicted octanol–water partition coefficient (Wildman–Crippen LogP) is 7.40. The summed E-state index contributed by atoms with van der Waals surface area (Å²) >= 11 is 12.6. The molecule has 3 atom stereocenters. The van der Waals surface area contributed by atoms with Crippen LogP contribution in [0.4, 0.5) is 4.79 Å². The molecule has 0 spiro atoms. The van der Waals surface area contributed by atoms with Gasteiger partial charge < -0.3 is 10.0 Å². The van der Waals surface area contributed by atoms with Gasteiger partial charge in [-0.25, -0.2) is 4.48 Å². The molecule has 37 heavy (non-hydrogen) atoms. The first-order valence-corrected chi connectivity index (χ1v) is 15.4. The van der Waals surface area contributed by atoms with Gasteiger partial charge in [0.05, 0.1) is 33.9 Å². The van der Waals surface area contributed by atoms with Crippen LogP contribution in [-0.4, -0.2) is 69.3 Å². The van der Waals surface area contributed by atoms with E-state index in [1.165, 1.54) is 5.56 Å². The van der Waals surface area contributed by atoms with Gasteiger partial charge >= 0.3 is 6.09 Å². The fourth-order valence-electron chi connectivity index (χ4n) is 5.77.